The van der Waals surface area contributed by atoms with Crippen molar-refractivity contribution in [3.8, 4) is 0 Å². The van der Waals surface area contributed by atoms with E-state index in [0.29, 0.717) is 9.78 Å². The second kappa shape index (κ2) is 2.77. The lowest BCUT2D eigenvalue weighted by atomic mass is 10.7. The van der Waals surface area contributed by atoms with Crippen LogP contribution in [0.5, 0.6) is 0 Å². The van der Waals surface area contributed by atoms with Gasteiger partial charge in [-0.25, -0.2) is 4.57 Å². The molecule has 0 spiro atoms. The van der Waals surface area contributed by atoms with Gasteiger partial charge in [-0.15, -0.1) is 0 Å². The maximum absolute atomic E-state index is 10.6. The highest BCUT2D eigenvalue weighted by atomic mass is 35.5. The second-order valence-electron chi connectivity index (χ2n) is 1.58. The normalized spacial score (nSPS) is 9.80. The summed E-state index contributed by atoms with van der Waals surface area (Å²) in [7, 11) is 0. The molecule has 0 saturated carbocycles. The average Bonchev–Trinajstić information content (AvgIpc) is 2.11. The van der Waals surface area contributed by atoms with Gasteiger partial charge in [-0.3, -0.25) is 4.79 Å². The quantitative estimate of drug-likeness (QED) is 0.469. The summed E-state index contributed by atoms with van der Waals surface area (Å²) >= 11 is 11.0. The number of hydrogen-bond acceptors (Lipinski definition) is 4. The van der Waals surface area contributed by atoms with Gasteiger partial charge >= 0.3 is 5.37 Å². The minimum absolute atomic E-state index is 0.387. The molecule has 6 heteroatoms. The van der Waals surface area contributed by atoms with Crippen molar-refractivity contribution in [2.45, 2.75) is 6.92 Å². The van der Waals surface area contributed by atoms with Crippen LogP contribution in [-0.4, -0.2) is 14.3 Å². The summed E-state index contributed by atoms with van der Waals surface area (Å²) in [5.41, 5.74) is 0. The minimum atomic E-state index is -0.601. The third-order valence-corrected chi connectivity index (χ3v) is 2.21. The summed E-state index contributed by atoms with van der Waals surface area (Å²) in [5.74, 6) is 0.537. The Morgan fingerprint density at radius 2 is 2.50 bits per heavy atom. The van der Waals surface area contributed by atoms with Gasteiger partial charge in [0.05, 0.1) is 0 Å². The number of halogens is 1. The number of rotatable bonds is 0. The summed E-state index contributed by atoms with van der Waals surface area (Å²) < 4.78 is 5.40. The number of aryl methyl sites for hydroxylation is 1. The summed E-state index contributed by atoms with van der Waals surface area (Å²) in [5, 5.41) is -0.601. The monoisotopic (exact) mass is 194 g/mol. The number of aromatic nitrogens is 2. The van der Waals surface area contributed by atoms with Crippen LogP contribution in [0.4, 0.5) is 4.79 Å². The molecule has 0 unspecified atom stereocenters. The molecular weight excluding hydrogens is 192 g/mol. The van der Waals surface area contributed by atoms with Gasteiger partial charge in [-0.2, -0.15) is 4.37 Å². The zero-order valence-corrected chi connectivity index (χ0v) is 7.39. The van der Waals surface area contributed by atoms with Crippen LogP contribution in [-0.2, 0) is 0 Å². The molecule has 0 aliphatic heterocycles. The largest absolute Gasteiger partial charge is 0.327 e. The first-order chi connectivity index (χ1) is 4.63. The van der Waals surface area contributed by atoms with Gasteiger partial charge in [0, 0.05) is 0 Å². The van der Waals surface area contributed by atoms with Gasteiger partial charge < -0.3 is 0 Å². The molecule has 0 bridgehead atoms. The maximum Gasteiger partial charge on any atom is 0.327 e. The van der Waals surface area contributed by atoms with Gasteiger partial charge in [0.1, 0.15) is 5.82 Å². The fraction of sp³-hybridized carbons (Fsp3) is 0.250. The summed E-state index contributed by atoms with van der Waals surface area (Å²) in [6.07, 6.45) is 0. The number of nitrogens with zero attached hydrogens (tertiary/aromatic N) is 2. The van der Waals surface area contributed by atoms with Crippen LogP contribution in [0.15, 0.2) is 0 Å². The smallest absolute Gasteiger partial charge is 0.255 e. The Bertz CT molecular complexity index is 315. The van der Waals surface area contributed by atoms with E-state index in [9.17, 15) is 4.79 Å². The second-order valence-corrected chi connectivity index (χ2v) is 3.30. The molecular formula is C4H3ClN2OS2. The van der Waals surface area contributed by atoms with Crippen LogP contribution >= 0.6 is 35.4 Å². The van der Waals surface area contributed by atoms with E-state index in [4.69, 9.17) is 23.8 Å². The SMILES string of the molecule is Cc1nsc(=S)n1C(=O)Cl. The fourth-order valence-electron chi connectivity index (χ4n) is 0.518. The highest BCUT2D eigenvalue weighted by Gasteiger charge is 2.06. The Balaban J connectivity index is 3.37. The van der Waals surface area contributed by atoms with Crippen LogP contribution in [0.25, 0.3) is 0 Å². The van der Waals surface area contributed by atoms with Crippen LogP contribution in [0.1, 0.15) is 5.82 Å². The first-order valence-electron chi connectivity index (χ1n) is 2.38. The van der Waals surface area contributed by atoms with Gasteiger partial charge in [0.15, 0.2) is 3.95 Å². The predicted octanol–water partition coefficient (Wildman–Crippen LogP) is 2.19. The predicted molar refractivity (Wildman–Crippen MR) is 42.3 cm³/mol. The third kappa shape index (κ3) is 1.25. The molecule has 0 atom stereocenters. The highest BCUT2D eigenvalue weighted by Crippen LogP contribution is 2.05. The van der Waals surface area contributed by atoms with Crippen LogP contribution in [0.2, 0.25) is 0 Å². The summed E-state index contributed by atoms with van der Waals surface area (Å²) in [6.45, 7) is 1.67. The van der Waals surface area contributed by atoms with Crippen molar-refractivity contribution in [3.63, 3.8) is 0 Å². The van der Waals surface area contributed by atoms with E-state index in [-0.39, 0.29) is 0 Å². The maximum atomic E-state index is 10.6. The Hall–Kier alpha value is -0.260. The zero-order chi connectivity index (χ0) is 7.72. The van der Waals surface area contributed by atoms with E-state index >= 15 is 0 Å². The number of carbonyl (C=O) groups excluding carboxylic acids is 1. The third-order valence-electron chi connectivity index (χ3n) is 0.938. The van der Waals surface area contributed by atoms with Crippen molar-refractivity contribution in [1.29, 1.82) is 0 Å². The standard InChI is InChI=1S/C4H3ClN2OS2/c1-2-6-10-4(9)7(2)3(5)8/h1H3. The van der Waals surface area contributed by atoms with Crippen LogP contribution < -0.4 is 0 Å². The van der Waals surface area contributed by atoms with Gasteiger partial charge in [0.25, 0.3) is 0 Å². The molecule has 0 aliphatic carbocycles. The lowest BCUT2D eigenvalue weighted by Gasteiger charge is -1.91. The van der Waals surface area contributed by atoms with Crippen molar-refractivity contribution in [1.82, 2.24) is 8.94 Å². The molecule has 1 aromatic heterocycles. The molecule has 0 N–H and O–H groups in total. The van der Waals surface area contributed by atoms with E-state index in [0.717, 1.165) is 11.5 Å². The molecule has 0 amide bonds. The van der Waals surface area contributed by atoms with Crippen LogP contribution in [0, 0.1) is 10.9 Å². The zero-order valence-electron chi connectivity index (χ0n) is 5.00. The lowest BCUT2D eigenvalue weighted by molar-refractivity contribution is 0.260. The molecule has 1 aromatic rings. The van der Waals surface area contributed by atoms with E-state index in [1.165, 1.54) is 4.57 Å². The van der Waals surface area contributed by atoms with Crippen molar-refractivity contribution < 1.29 is 4.79 Å². The van der Waals surface area contributed by atoms with E-state index < -0.39 is 5.37 Å². The van der Waals surface area contributed by atoms with E-state index in [1.807, 2.05) is 0 Å². The molecule has 3 nitrogen and oxygen atoms in total. The van der Waals surface area contributed by atoms with Crippen molar-refractivity contribution in [2.75, 3.05) is 0 Å². The van der Waals surface area contributed by atoms with E-state index in [2.05, 4.69) is 4.37 Å². The van der Waals surface area contributed by atoms with Crippen molar-refractivity contribution >= 4 is 40.7 Å². The number of carbonyl (C=O) groups is 1. The van der Waals surface area contributed by atoms with E-state index in [1.54, 1.807) is 6.92 Å². The van der Waals surface area contributed by atoms with Gasteiger partial charge in [-0.1, -0.05) is 0 Å². The molecule has 0 aliphatic rings. The number of hydrogen-bond donors (Lipinski definition) is 0. The molecule has 10 heavy (non-hydrogen) atoms. The molecule has 0 radical (unpaired) electrons. The van der Waals surface area contributed by atoms with Crippen molar-refractivity contribution in [2.24, 2.45) is 0 Å². The lowest BCUT2D eigenvalue weighted by Crippen LogP contribution is -2.03. The molecule has 0 aromatic carbocycles. The first-order valence-corrected chi connectivity index (χ1v) is 3.94. The topological polar surface area (TPSA) is 34.9 Å². The van der Waals surface area contributed by atoms with Gasteiger partial charge in [-0.05, 0) is 42.3 Å². The Morgan fingerprint density at radius 3 is 2.70 bits per heavy atom. The molecule has 1 rings (SSSR count). The molecule has 0 fully saturated rings. The summed E-state index contributed by atoms with van der Waals surface area (Å²) in [6, 6.07) is 0. The van der Waals surface area contributed by atoms with Gasteiger partial charge in [0.2, 0.25) is 0 Å². The Labute approximate surface area is 71.4 Å². The summed E-state index contributed by atoms with van der Waals surface area (Å²) in [4.78, 5) is 10.6. The molecule has 54 valence electrons. The Morgan fingerprint density at radius 1 is 1.90 bits per heavy atom. The highest BCUT2D eigenvalue weighted by molar-refractivity contribution is 7.73. The van der Waals surface area contributed by atoms with Crippen molar-refractivity contribution in [3.05, 3.63) is 9.78 Å². The average molecular weight is 195 g/mol. The first kappa shape index (κ1) is 7.84. The molecule has 1 heterocycles. The molecule has 0 saturated heterocycles. The Kier molecular flexibility index (Phi) is 2.18. The van der Waals surface area contributed by atoms with Crippen LogP contribution in [0.3, 0.4) is 0 Å². The minimum Gasteiger partial charge on any atom is -0.255 e. The fourth-order valence-corrected chi connectivity index (χ4v) is 1.74.